The zero-order valence-corrected chi connectivity index (χ0v) is 14.8. The number of carbonyl (C=O) groups excluding carboxylic acids is 2. The van der Waals surface area contributed by atoms with E-state index >= 15 is 0 Å². The molecule has 1 saturated carbocycles. The van der Waals surface area contributed by atoms with Gasteiger partial charge in [-0.05, 0) is 5.92 Å². The summed E-state index contributed by atoms with van der Waals surface area (Å²) >= 11 is 1.29. The van der Waals surface area contributed by atoms with Gasteiger partial charge in [0, 0.05) is 40.8 Å². The number of hydrogen-bond donors (Lipinski definition) is 0. The number of thiazole rings is 1. The zero-order chi connectivity index (χ0) is 18.8. The minimum atomic E-state index is -0.693. The smallest absolute Gasteiger partial charge is 0.306 e. The summed E-state index contributed by atoms with van der Waals surface area (Å²) in [6.07, 6.45) is 1.65. The molecule has 0 N–H and O–H groups in total. The predicted octanol–water partition coefficient (Wildman–Crippen LogP) is 1.31. The van der Waals surface area contributed by atoms with E-state index in [0.717, 1.165) is 0 Å². The molecule has 1 aliphatic carbocycles. The third-order valence-corrected chi connectivity index (χ3v) is 5.42. The molecule has 138 valence electrons. The molecule has 1 fully saturated rings. The van der Waals surface area contributed by atoms with Gasteiger partial charge in [-0.25, -0.2) is 4.98 Å². The predicted molar refractivity (Wildman–Crippen MR) is 91.4 cm³/mol. The number of Topliss-reactive ketones (excluding diaryl/α,β-unsaturated/α-hetero) is 1. The molecule has 0 aliphatic heterocycles. The van der Waals surface area contributed by atoms with Gasteiger partial charge in [0.15, 0.2) is 4.96 Å². The Balaban J connectivity index is 1.63. The number of carbonyl (C=O) groups is 2. The van der Waals surface area contributed by atoms with Crippen LogP contribution >= 0.6 is 11.3 Å². The highest BCUT2D eigenvalue weighted by Crippen LogP contribution is 2.36. The van der Waals surface area contributed by atoms with E-state index in [1.165, 1.54) is 21.8 Å². The van der Waals surface area contributed by atoms with Crippen molar-refractivity contribution in [2.24, 2.45) is 17.8 Å². The monoisotopic (exact) mass is 379 g/mol. The van der Waals surface area contributed by atoms with Gasteiger partial charge in [0.25, 0.3) is 5.56 Å². The summed E-state index contributed by atoms with van der Waals surface area (Å²) in [6, 6.07) is 1.28. The summed E-state index contributed by atoms with van der Waals surface area (Å²) in [7, 11) is 0. The van der Waals surface area contributed by atoms with Crippen LogP contribution in [0.15, 0.2) is 22.4 Å². The zero-order valence-electron chi connectivity index (χ0n) is 14.0. The number of aromatic nitrogens is 2. The van der Waals surface area contributed by atoms with Crippen LogP contribution in [0.3, 0.4) is 0 Å². The van der Waals surface area contributed by atoms with Gasteiger partial charge in [-0.1, -0.05) is 6.92 Å². The standard InChI is InChI=1S/C16H17N3O6S/c1-9-4-13(20)11(12(9)7-19(23)24)6-15(22)25-8-10-5-14(21)18-2-3-26-16(18)17-10/h2-3,5,9,11-12H,4,6-8H2,1H3/t9-,11+,12+/m0/s1. The van der Waals surface area contributed by atoms with Crippen LogP contribution in [0, 0.1) is 27.9 Å². The first-order chi connectivity index (χ1) is 12.3. The van der Waals surface area contributed by atoms with Crippen LogP contribution in [-0.2, 0) is 20.9 Å². The molecule has 0 spiro atoms. The van der Waals surface area contributed by atoms with Gasteiger partial charge in [0.05, 0.1) is 12.1 Å². The van der Waals surface area contributed by atoms with Crippen molar-refractivity contribution in [2.45, 2.75) is 26.4 Å². The lowest BCUT2D eigenvalue weighted by Gasteiger charge is -2.17. The fraction of sp³-hybridized carbons (Fsp3) is 0.500. The van der Waals surface area contributed by atoms with Gasteiger partial charge in [-0.3, -0.25) is 28.9 Å². The Kier molecular flexibility index (Phi) is 5.12. The van der Waals surface area contributed by atoms with E-state index in [-0.39, 0.29) is 43.3 Å². The number of rotatable bonds is 6. The van der Waals surface area contributed by atoms with Crippen LogP contribution in [-0.4, -0.2) is 32.6 Å². The lowest BCUT2D eigenvalue weighted by Crippen LogP contribution is -2.27. The molecule has 26 heavy (non-hydrogen) atoms. The highest BCUT2D eigenvalue weighted by atomic mass is 32.1. The molecule has 10 heteroatoms. The molecule has 0 amide bonds. The molecule has 1 aliphatic rings. The Hall–Kier alpha value is -2.62. The van der Waals surface area contributed by atoms with Crippen molar-refractivity contribution in [3.8, 4) is 0 Å². The van der Waals surface area contributed by atoms with E-state index in [4.69, 9.17) is 4.74 Å². The molecule has 0 aromatic carbocycles. The van der Waals surface area contributed by atoms with Crippen LogP contribution in [0.2, 0.25) is 0 Å². The van der Waals surface area contributed by atoms with Crippen molar-refractivity contribution in [3.05, 3.63) is 43.8 Å². The SMILES string of the molecule is C[C@H]1CC(=O)[C@H](CC(=O)OCc2cc(=O)n3ccsc3n2)[C@@H]1C[N+](=O)[O-]. The number of ketones is 1. The number of nitro groups is 1. The first-order valence-electron chi connectivity index (χ1n) is 8.11. The summed E-state index contributed by atoms with van der Waals surface area (Å²) in [4.78, 5) is 51.1. The Morgan fingerprint density at radius 1 is 1.50 bits per heavy atom. The topological polar surface area (TPSA) is 121 Å². The van der Waals surface area contributed by atoms with Crippen LogP contribution < -0.4 is 5.56 Å². The molecule has 2 heterocycles. The maximum Gasteiger partial charge on any atom is 0.306 e. The van der Waals surface area contributed by atoms with Crippen LogP contribution in [0.5, 0.6) is 0 Å². The van der Waals surface area contributed by atoms with Gasteiger partial charge in [0.1, 0.15) is 12.4 Å². The van der Waals surface area contributed by atoms with Gasteiger partial charge >= 0.3 is 5.97 Å². The molecule has 0 radical (unpaired) electrons. The summed E-state index contributed by atoms with van der Waals surface area (Å²) in [5.74, 6) is -2.05. The van der Waals surface area contributed by atoms with E-state index < -0.39 is 22.7 Å². The van der Waals surface area contributed by atoms with Crippen LogP contribution in [0.4, 0.5) is 0 Å². The number of hydrogen-bond acceptors (Lipinski definition) is 8. The Labute approximate surface area is 151 Å². The molecule has 2 aromatic heterocycles. The molecule has 0 saturated heterocycles. The van der Waals surface area contributed by atoms with E-state index in [2.05, 4.69) is 4.98 Å². The second-order valence-corrected chi connectivity index (χ2v) is 7.31. The fourth-order valence-electron chi connectivity index (χ4n) is 3.35. The number of esters is 1. The molecule has 3 rings (SSSR count). The number of fused-ring (bicyclic) bond motifs is 1. The highest BCUT2D eigenvalue weighted by molar-refractivity contribution is 7.15. The molecular formula is C16H17N3O6S. The van der Waals surface area contributed by atoms with E-state index in [9.17, 15) is 24.5 Å². The largest absolute Gasteiger partial charge is 0.459 e. The lowest BCUT2D eigenvalue weighted by atomic mass is 9.88. The molecular weight excluding hydrogens is 362 g/mol. The quantitative estimate of drug-likeness (QED) is 0.421. The van der Waals surface area contributed by atoms with Gasteiger partial charge < -0.3 is 4.74 Å². The second-order valence-electron chi connectivity index (χ2n) is 6.44. The summed E-state index contributed by atoms with van der Waals surface area (Å²) in [5.41, 5.74) is 0.0481. The van der Waals surface area contributed by atoms with Crippen molar-refractivity contribution in [2.75, 3.05) is 6.54 Å². The number of ether oxygens (including phenoxy) is 1. The Morgan fingerprint density at radius 2 is 2.27 bits per heavy atom. The van der Waals surface area contributed by atoms with Crippen molar-refractivity contribution >= 4 is 28.1 Å². The van der Waals surface area contributed by atoms with Gasteiger partial charge in [0.2, 0.25) is 6.54 Å². The average Bonchev–Trinajstić information content (AvgIpc) is 3.13. The maximum atomic E-state index is 12.1. The molecule has 9 nitrogen and oxygen atoms in total. The second kappa shape index (κ2) is 7.32. The molecule has 2 aromatic rings. The van der Waals surface area contributed by atoms with Gasteiger partial charge in [-0.15, -0.1) is 11.3 Å². The van der Waals surface area contributed by atoms with Gasteiger partial charge in [-0.2, -0.15) is 0 Å². The van der Waals surface area contributed by atoms with E-state index in [1.807, 2.05) is 0 Å². The average molecular weight is 379 g/mol. The molecule has 3 atom stereocenters. The Morgan fingerprint density at radius 3 is 3.00 bits per heavy atom. The molecule has 0 unspecified atom stereocenters. The minimum absolute atomic E-state index is 0.131. The lowest BCUT2D eigenvalue weighted by molar-refractivity contribution is -0.490. The van der Waals surface area contributed by atoms with Crippen molar-refractivity contribution in [3.63, 3.8) is 0 Å². The summed E-state index contributed by atoms with van der Waals surface area (Å²) in [6.45, 7) is 1.27. The Bertz CT molecular complexity index is 920. The third kappa shape index (κ3) is 3.79. The van der Waals surface area contributed by atoms with Crippen molar-refractivity contribution in [1.29, 1.82) is 0 Å². The van der Waals surface area contributed by atoms with E-state index in [1.54, 1.807) is 18.5 Å². The first-order valence-corrected chi connectivity index (χ1v) is 8.99. The van der Waals surface area contributed by atoms with E-state index in [0.29, 0.717) is 10.7 Å². The first kappa shape index (κ1) is 18.2. The fourth-order valence-corrected chi connectivity index (χ4v) is 4.09. The highest BCUT2D eigenvalue weighted by Gasteiger charge is 2.44. The molecule has 0 bridgehead atoms. The van der Waals surface area contributed by atoms with Crippen molar-refractivity contribution < 1.29 is 19.2 Å². The van der Waals surface area contributed by atoms with Crippen LogP contribution in [0.25, 0.3) is 4.96 Å². The third-order valence-electron chi connectivity index (χ3n) is 4.67. The summed E-state index contributed by atoms with van der Waals surface area (Å²) < 4.78 is 6.53. The maximum absolute atomic E-state index is 12.1. The normalized spacial score (nSPS) is 22.7. The summed E-state index contributed by atoms with van der Waals surface area (Å²) in [5, 5.41) is 12.5. The van der Waals surface area contributed by atoms with Crippen LogP contribution in [0.1, 0.15) is 25.5 Å². The number of nitrogens with zero attached hydrogens (tertiary/aromatic N) is 3. The minimum Gasteiger partial charge on any atom is -0.459 e. The van der Waals surface area contributed by atoms with Crippen molar-refractivity contribution in [1.82, 2.24) is 9.38 Å².